The van der Waals surface area contributed by atoms with Gasteiger partial charge in [0.1, 0.15) is 11.4 Å². The Morgan fingerprint density at radius 3 is 2.70 bits per heavy atom. The summed E-state index contributed by atoms with van der Waals surface area (Å²) >= 11 is 0. The summed E-state index contributed by atoms with van der Waals surface area (Å²) in [6.07, 6.45) is -3.43. The number of aromatic nitrogens is 4. The van der Waals surface area contributed by atoms with Gasteiger partial charge in [-0.3, -0.25) is 4.79 Å². The van der Waals surface area contributed by atoms with Gasteiger partial charge in [0.2, 0.25) is 5.82 Å². The Labute approximate surface area is 167 Å². The first-order chi connectivity index (χ1) is 14.4. The zero-order valence-electron chi connectivity index (χ0n) is 15.5. The average molecular weight is 417 g/mol. The van der Waals surface area contributed by atoms with E-state index in [0.29, 0.717) is 15.8 Å². The number of hydrogen-bond acceptors (Lipinski definition) is 6. The van der Waals surface area contributed by atoms with Gasteiger partial charge < -0.3 is 14.5 Å². The van der Waals surface area contributed by atoms with Crippen LogP contribution in [0, 0.1) is 0 Å². The molecule has 3 aromatic heterocycles. The summed E-state index contributed by atoms with van der Waals surface area (Å²) in [4.78, 5) is 20.3. The predicted molar refractivity (Wildman–Crippen MR) is 97.7 cm³/mol. The normalized spacial score (nSPS) is 11.6. The van der Waals surface area contributed by atoms with Crippen LogP contribution in [-0.2, 0) is 12.7 Å². The summed E-state index contributed by atoms with van der Waals surface area (Å²) in [7, 11) is 1.49. The van der Waals surface area contributed by atoms with E-state index in [-0.39, 0.29) is 23.8 Å². The quantitative estimate of drug-likeness (QED) is 0.535. The maximum absolute atomic E-state index is 13.5. The van der Waals surface area contributed by atoms with Crippen molar-refractivity contribution in [3.05, 3.63) is 65.8 Å². The van der Waals surface area contributed by atoms with E-state index in [4.69, 9.17) is 9.15 Å². The molecule has 3 heterocycles. The Balaban J connectivity index is 1.67. The van der Waals surface area contributed by atoms with Crippen molar-refractivity contribution >= 4 is 11.7 Å². The lowest BCUT2D eigenvalue weighted by Gasteiger charge is -2.09. The van der Waals surface area contributed by atoms with E-state index in [1.54, 1.807) is 24.3 Å². The standard InChI is InChI=1S/C19H14F3N5O3/c1-29-13-6-3-2-5-11(13)10-23-17(28)16-25-18-24-12(14-7-4-8-30-14)9-15(19(20,21)22)27(18)26-16/h2-9H,10H2,1H3,(H,23,28). The molecular formula is C19H14F3N5O3. The fourth-order valence-corrected chi connectivity index (χ4v) is 2.82. The van der Waals surface area contributed by atoms with Gasteiger partial charge in [-0.05, 0) is 24.3 Å². The van der Waals surface area contributed by atoms with Gasteiger partial charge in [-0.15, -0.1) is 5.10 Å². The zero-order valence-corrected chi connectivity index (χ0v) is 15.5. The summed E-state index contributed by atoms with van der Waals surface area (Å²) in [5, 5.41) is 6.27. The van der Waals surface area contributed by atoms with Crippen LogP contribution in [0.4, 0.5) is 13.2 Å². The minimum Gasteiger partial charge on any atom is -0.496 e. The van der Waals surface area contributed by atoms with Crippen molar-refractivity contribution < 1.29 is 27.1 Å². The molecule has 0 unspecified atom stereocenters. The number of furan rings is 1. The highest BCUT2D eigenvalue weighted by atomic mass is 19.4. The summed E-state index contributed by atoms with van der Waals surface area (Å²) in [5.74, 6) is -0.879. The number of rotatable bonds is 5. The number of benzene rings is 1. The number of fused-ring (bicyclic) bond motifs is 1. The molecule has 4 rings (SSSR count). The second kappa shape index (κ2) is 7.50. The number of nitrogens with zero attached hydrogens (tertiary/aromatic N) is 4. The smallest absolute Gasteiger partial charge is 0.433 e. The van der Waals surface area contributed by atoms with Crippen LogP contribution < -0.4 is 10.1 Å². The van der Waals surface area contributed by atoms with Crippen LogP contribution >= 0.6 is 0 Å². The zero-order chi connectivity index (χ0) is 21.3. The molecular weight excluding hydrogens is 403 g/mol. The molecule has 0 atom stereocenters. The number of halogens is 3. The molecule has 0 aliphatic rings. The predicted octanol–water partition coefficient (Wildman–Crippen LogP) is 3.34. The number of para-hydroxylation sites is 1. The molecule has 0 radical (unpaired) electrons. The topological polar surface area (TPSA) is 94.5 Å². The molecule has 0 spiro atoms. The average Bonchev–Trinajstić information content (AvgIpc) is 3.40. The Hall–Kier alpha value is -3.89. The van der Waals surface area contributed by atoms with E-state index < -0.39 is 23.6 Å². The van der Waals surface area contributed by atoms with E-state index in [9.17, 15) is 18.0 Å². The number of amides is 1. The van der Waals surface area contributed by atoms with Crippen LogP contribution in [0.3, 0.4) is 0 Å². The molecule has 0 aliphatic heterocycles. The molecule has 0 aliphatic carbocycles. The molecule has 154 valence electrons. The van der Waals surface area contributed by atoms with Crippen molar-refractivity contribution in [1.82, 2.24) is 24.9 Å². The lowest BCUT2D eigenvalue weighted by atomic mass is 10.2. The van der Waals surface area contributed by atoms with Gasteiger partial charge in [-0.25, -0.2) is 4.98 Å². The molecule has 30 heavy (non-hydrogen) atoms. The Morgan fingerprint density at radius 2 is 2.00 bits per heavy atom. The maximum atomic E-state index is 13.5. The second-order valence-electron chi connectivity index (χ2n) is 6.14. The van der Waals surface area contributed by atoms with Crippen molar-refractivity contribution in [2.45, 2.75) is 12.7 Å². The van der Waals surface area contributed by atoms with E-state index >= 15 is 0 Å². The number of methoxy groups -OCH3 is 1. The van der Waals surface area contributed by atoms with Gasteiger partial charge in [0.15, 0.2) is 11.5 Å². The molecule has 1 amide bonds. The maximum Gasteiger partial charge on any atom is 0.433 e. The first-order valence-electron chi connectivity index (χ1n) is 8.66. The van der Waals surface area contributed by atoms with Crippen LogP contribution in [0.2, 0.25) is 0 Å². The van der Waals surface area contributed by atoms with Crippen molar-refractivity contribution in [3.63, 3.8) is 0 Å². The highest BCUT2D eigenvalue weighted by Crippen LogP contribution is 2.32. The van der Waals surface area contributed by atoms with Crippen molar-refractivity contribution in [3.8, 4) is 17.2 Å². The molecule has 0 saturated heterocycles. The van der Waals surface area contributed by atoms with Gasteiger partial charge in [-0.2, -0.15) is 22.7 Å². The van der Waals surface area contributed by atoms with E-state index in [1.807, 2.05) is 0 Å². The minimum atomic E-state index is -4.75. The van der Waals surface area contributed by atoms with Gasteiger partial charge in [0, 0.05) is 12.1 Å². The highest BCUT2D eigenvalue weighted by molar-refractivity contribution is 5.90. The van der Waals surface area contributed by atoms with E-state index in [1.165, 1.54) is 25.5 Å². The first-order valence-corrected chi connectivity index (χ1v) is 8.66. The van der Waals surface area contributed by atoms with Gasteiger partial charge in [0.05, 0.1) is 13.4 Å². The summed E-state index contributed by atoms with van der Waals surface area (Å²) in [6, 6.07) is 10.8. The van der Waals surface area contributed by atoms with Crippen molar-refractivity contribution in [1.29, 1.82) is 0 Å². The van der Waals surface area contributed by atoms with Gasteiger partial charge in [-0.1, -0.05) is 18.2 Å². The molecule has 1 aromatic carbocycles. The third-order valence-corrected chi connectivity index (χ3v) is 4.21. The highest BCUT2D eigenvalue weighted by Gasteiger charge is 2.36. The van der Waals surface area contributed by atoms with Crippen molar-refractivity contribution in [2.24, 2.45) is 0 Å². The fraction of sp³-hybridized carbons (Fsp3) is 0.158. The number of alkyl halides is 3. The van der Waals surface area contributed by atoms with Crippen LogP contribution in [0.25, 0.3) is 17.2 Å². The Morgan fingerprint density at radius 1 is 1.20 bits per heavy atom. The van der Waals surface area contributed by atoms with Crippen LogP contribution in [0.15, 0.2) is 53.1 Å². The van der Waals surface area contributed by atoms with Crippen LogP contribution in [-0.4, -0.2) is 32.6 Å². The molecule has 0 bridgehead atoms. The van der Waals surface area contributed by atoms with E-state index in [2.05, 4.69) is 20.4 Å². The molecule has 0 fully saturated rings. The lowest BCUT2D eigenvalue weighted by Crippen LogP contribution is -2.24. The van der Waals surface area contributed by atoms with Gasteiger partial charge >= 0.3 is 6.18 Å². The molecule has 1 N–H and O–H groups in total. The SMILES string of the molecule is COc1ccccc1CNC(=O)c1nc2nc(-c3ccco3)cc(C(F)(F)F)n2n1. The summed E-state index contributed by atoms with van der Waals surface area (Å²) in [6.45, 7) is 0.0790. The second-order valence-corrected chi connectivity index (χ2v) is 6.14. The monoisotopic (exact) mass is 417 g/mol. The third-order valence-electron chi connectivity index (χ3n) is 4.21. The fourth-order valence-electron chi connectivity index (χ4n) is 2.82. The largest absolute Gasteiger partial charge is 0.496 e. The van der Waals surface area contributed by atoms with Crippen molar-refractivity contribution in [2.75, 3.05) is 7.11 Å². The molecule has 4 aromatic rings. The Bertz CT molecular complexity index is 1200. The number of carbonyl (C=O) groups excluding carboxylic acids is 1. The minimum absolute atomic E-state index is 0.0757. The van der Waals surface area contributed by atoms with E-state index in [0.717, 1.165) is 6.07 Å². The summed E-state index contributed by atoms with van der Waals surface area (Å²) in [5.41, 5.74) is -0.519. The molecule has 11 heteroatoms. The lowest BCUT2D eigenvalue weighted by molar-refractivity contribution is -0.142. The molecule has 8 nitrogen and oxygen atoms in total. The molecule has 0 saturated carbocycles. The Kier molecular flexibility index (Phi) is 4.86. The first kappa shape index (κ1) is 19.4. The summed E-state index contributed by atoms with van der Waals surface area (Å²) < 4.78 is 51.4. The third kappa shape index (κ3) is 3.69. The number of nitrogens with one attached hydrogen (secondary N) is 1. The number of hydrogen-bond donors (Lipinski definition) is 1. The van der Waals surface area contributed by atoms with Gasteiger partial charge in [0.25, 0.3) is 11.7 Å². The number of carbonyl (C=O) groups is 1. The number of ether oxygens (including phenoxy) is 1. The van der Waals surface area contributed by atoms with Crippen LogP contribution in [0.1, 0.15) is 21.9 Å². The van der Waals surface area contributed by atoms with Crippen LogP contribution in [0.5, 0.6) is 5.75 Å².